The zero-order valence-electron chi connectivity index (χ0n) is 8.78. The van der Waals surface area contributed by atoms with Crippen LogP contribution in [-0.4, -0.2) is 24.3 Å². The lowest BCUT2D eigenvalue weighted by Gasteiger charge is -2.18. The highest BCUT2D eigenvalue weighted by Gasteiger charge is 2.11. The van der Waals surface area contributed by atoms with Gasteiger partial charge in [0.25, 0.3) is 0 Å². The molecular weight excluding hydrogens is 162 g/mol. The maximum Gasteiger partial charge on any atom is 0.154 e. The Hall–Kier alpha value is -1.12. The van der Waals surface area contributed by atoms with Crippen molar-refractivity contribution in [1.29, 1.82) is 0 Å². The van der Waals surface area contributed by atoms with Crippen molar-refractivity contribution in [1.82, 2.24) is 10.2 Å². The van der Waals surface area contributed by atoms with Gasteiger partial charge in [-0.05, 0) is 18.4 Å². The van der Waals surface area contributed by atoms with Gasteiger partial charge in [0.15, 0.2) is 5.82 Å². The molecule has 1 rings (SSSR count). The molecule has 0 aliphatic heterocycles. The Morgan fingerprint density at radius 3 is 2.69 bits per heavy atom. The lowest BCUT2D eigenvalue weighted by atomic mass is 10.00. The van der Waals surface area contributed by atoms with E-state index in [1.165, 1.54) is 5.56 Å². The van der Waals surface area contributed by atoms with Gasteiger partial charge in [0.2, 0.25) is 0 Å². The normalized spacial score (nSPS) is 12.6. The second-order valence-electron chi connectivity index (χ2n) is 3.51. The molecule has 0 radical (unpaired) electrons. The van der Waals surface area contributed by atoms with Crippen LogP contribution in [0.15, 0.2) is 12.3 Å². The van der Waals surface area contributed by atoms with Crippen LogP contribution >= 0.6 is 0 Å². The van der Waals surface area contributed by atoms with Crippen LogP contribution in [0.3, 0.4) is 0 Å². The quantitative estimate of drug-likeness (QED) is 0.711. The Morgan fingerprint density at radius 2 is 2.15 bits per heavy atom. The second-order valence-corrected chi connectivity index (χ2v) is 3.51. The first-order chi connectivity index (χ1) is 6.16. The van der Waals surface area contributed by atoms with Crippen LogP contribution in [0.2, 0.25) is 0 Å². The summed E-state index contributed by atoms with van der Waals surface area (Å²) in [5.74, 6) is 1.53. The molecule has 0 fully saturated rings. The standard InChI is InChI=1S/C10H17N3/c1-5-8(2)9-6-7-11-12-10(9)13(3)4/h6-8H,5H2,1-4H3. The molecule has 0 amide bonds. The number of hydrogen-bond donors (Lipinski definition) is 0. The van der Waals surface area contributed by atoms with E-state index >= 15 is 0 Å². The fraction of sp³-hybridized carbons (Fsp3) is 0.600. The number of rotatable bonds is 3. The lowest BCUT2D eigenvalue weighted by Crippen LogP contribution is -2.14. The average Bonchev–Trinajstić information content (AvgIpc) is 2.16. The van der Waals surface area contributed by atoms with Crippen molar-refractivity contribution in [3.05, 3.63) is 17.8 Å². The Labute approximate surface area is 79.8 Å². The maximum absolute atomic E-state index is 4.12. The van der Waals surface area contributed by atoms with Gasteiger partial charge >= 0.3 is 0 Å². The molecule has 13 heavy (non-hydrogen) atoms. The van der Waals surface area contributed by atoms with Crippen LogP contribution in [-0.2, 0) is 0 Å². The summed E-state index contributed by atoms with van der Waals surface area (Å²) in [6.07, 6.45) is 2.89. The predicted molar refractivity (Wildman–Crippen MR) is 55.1 cm³/mol. The summed E-state index contributed by atoms with van der Waals surface area (Å²) in [6.45, 7) is 4.40. The molecule has 1 atom stereocenters. The van der Waals surface area contributed by atoms with Crippen LogP contribution in [0.1, 0.15) is 31.7 Å². The summed E-state index contributed by atoms with van der Waals surface area (Å²) in [6, 6.07) is 2.05. The molecule has 0 aromatic carbocycles. The topological polar surface area (TPSA) is 29.0 Å². The monoisotopic (exact) mass is 179 g/mol. The summed E-state index contributed by atoms with van der Waals surface area (Å²) in [5.41, 5.74) is 1.28. The molecule has 3 heteroatoms. The van der Waals surface area contributed by atoms with Crippen LogP contribution in [0.25, 0.3) is 0 Å². The first-order valence-electron chi connectivity index (χ1n) is 4.65. The zero-order chi connectivity index (χ0) is 9.84. The van der Waals surface area contributed by atoms with Crippen molar-refractivity contribution < 1.29 is 0 Å². The minimum atomic E-state index is 0.549. The fourth-order valence-electron chi connectivity index (χ4n) is 1.29. The highest BCUT2D eigenvalue weighted by atomic mass is 15.2. The summed E-state index contributed by atoms with van der Waals surface area (Å²) in [7, 11) is 3.99. The minimum Gasteiger partial charge on any atom is -0.361 e. The molecule has 0 aliphatic carbocycles. The first-order valence-corrected chi connectivity index (χ1v) is 4.65. The van der Waals surface area contributed by atoms with Gasteiger partial charge in [-0.25, -0.2) is 0 Å². The minimum absolute atomic E-state index is 0.549. The molecule has 0 bridgehead atoms. The molecule has 1 aromatic rings. The third-order valence-corrected chi connectivity index (χ3v) is 2.30. The third kappa shape index (κ3) is 2.17. The number of aromatic nitrogens is 2. The van der Waals surface area contributed by atoms with Gasteiger partial charge < -0.3 is 4.90 Å². The average molecular weight is 179 g/mol. The smallest absolute Gasteiger partial charge is 0.154 e. The van der Waals surface area contributed by atoms with Crippen LogP contribution in [0.4, 0.5) is 5.82 Å². The van der Waals surface area contributed by atoms with Gasteiger partial charge in [0.05, 0.1) is 6.20 Å². The third-order valence-electron chi connectivity index (χ3n) is 2.30. The molecular formula is C10H17N3. The van der Waals surface area contributed by atoms with Crippen molar-refractivity contribution >= 4 is 5.82 Å². The van der Waals surface area contributed by atoms with Crippen molar-refractivity contribution in [2.24, 2.45) is 0 Å². The van der Waals surface area contributed by atoms with Gasteiger partial charge in [0.1, 0.15) is 0 Å². The molecule has 1 aromatic heterocycles. The van der Waals surface area contributed by atoms with Crippen LogP contribution in [0, 0.1) is 0 Å². The molecule has 72 valence electrons. The predicted octanol–water partition coefficient (Wildman–Crippen LogP) is 2.06. The van der Waals surface area contributed by atoms with E-state index in [4.69, 9.17) is 0 Å². The maximum atomic E-state index is 4.12. The van der Waals surface area contributed by atoms with E-state index in [9.17, 15) is 0 Å². The molecule has 0 saturated carbocycles. The molecule has 3 nitrogen and oxygen atoms in total. The molecule has 1 heterocycles. The Balaban J connectivity index is 3.04. The van der Waals surface area contributed by atoms with E-state index in [0.29, 0.717) is 5.92 Å². The van der Waals surface area contributed by atoms with Crippen molar-refractivity contribution in [3.63, 3.8) is 0 Å². The summed E-state index contributed by atoms with van der Waals surface area (Å²) in [5, 5.41) is 8.01. The Kier molecular flexibility index (Phi) is 3.23. The summed E-state index contributed by atoms with van der Waals surface area (Å²) >= 11 is 0. The largest absolute Gasteiger partial charge is 0.361 e. The van der Waals surface area contributed by atoms with Crippen molar-refractivity contribution in [2.45, 2.75) is 26.2 Å². The van der Waals surface area contributed by atoms with Gasteiger partial charge in [-0.15, -0.1) is 5.10 Å². The highest BCUT2D eigenvalue weighted by molar-refractivity contribution is 5.45. The summed E-state index contributed by atoms with van der Waals surface area (Å²) < 4.78 is 0. The molecule has 0 aliphatic rings. The Morgan fingerprint density at radius 1 is 1.46 bits per heavy atom. The fourth-order valence-corrected chi connectivity index (χ4v) is 1.29. The Bertz CT molecular complexity index is 271. The van der Waals surface area contributed by atoms with Gasteiger partial charge in [-0.2, -0.15) is 5.10 Å². The van der Waals surface area contributed by atoms with E-state index < -0.39 is 0 Å². The van der Waals surface area contributed by atoms with E-state index in [2.05, 4.69) is 30.1 Å². The molecule has 0 N–H and O–H groups in total. The first kappa shape index (κ1) is 9.96. The number of hydrogen-bond acceptors (Lipinski definition) is 3. The van der Waals surface area contributed by atoms with E-state index in [1.807, 2.05) is 19.0 Å². The van der Waals surface area contributed by atoms with E-state index in [1.54, 1.807) is 6.20 Å². The van der Waals surface area contributed by atoms with Gasteiger partial charge in [0, 0.05) is 19.7 Å². The number of nitrogens with zero attached hydrogens (tertiary/aromatic N) is 3. The van der Waals surface area contributed by atoms with Crippen molar-refractivity contribution in [3.8, 4) is 0 Å². The van der Waals surface area contributed by atoms with Gasteiger partial charge in [-0.1, -0.05) is 13.8 Å². The summed E-state index contributed by atoms with van der Waals surface area (Å²) in [4.78, 5) is 2.01. The van der Waals surface area contributed by atoms with Crippen molar-refractivity contribution in [2.75, 3.05) is 19.0 Å². The second kappa shape index (κ2) is 4.21. The van der Waals surface area contributed by atoms with E-state index in [0.717, 1.165) is 12.2 Å². The molecule has 0 saturated heterocycles. The zero-order valence-corrected chi connectivity index (χ0v) is 8.78. The number of anilines is 1. The lowest BCUT2D eigenvalue weighted by molar-refractivity contribution is 0.720. The molecule has 0 spiro atoms. The highest BCUT2D eigenvalue weighted by Crippen LogP contribution is 2.25. The molecule has 1 unspecified atom stereocenters. The van der Waals surface area contributed by atoms with E-state index in [-0.39, 0.29) is 0 Å². The van der Waals surface area contributed by atoms with Gasteiger partial charge in [-0.3, -0.25) is 0 Å². The SMILES string of the molecule is CCC(C)c1ccnnc1N(C)C. The van der Waals surface area contributed by atoms with Crippen LogP contribution in [0.5, 0.6) is 0 Å². The van der Waals surface area contributed by atoms with Crippen LogP contribution < -0.4 is 4.90 Å².